The van der Waals surface area contributed by atoms with Crippen molar-refractivity contribution in [2.75, 3.05) is 18.5 Å². The fourth-order valence-electron chi connectivity index (χ4n) is 1.76. The minimum Gasteiger partial charge on any atom is -0.481 e. The fourth-order valence-corrected chi connectivity index (χ4v) is 1.76. The van der Waals surface area contributed by atoms with Crippen LogP contribution in [0.25, 0.3) is 0 Å². The summed E-state index contributed by atoms with van der Waals surface area (Å²) in [6, 6.07) is 3.87. The minimum absolute atomic E-state index is 0.119. The Labute approximate surface area is 76.4 Å². The van der Waals surface area contributed by atoms with Crippen LogP contribution >= 0.6 is 0 Å². The second-order valence-corrected chi connectivity index (χ2v) is 3.33. The largest absolute Gasteiger partial charge is 0.481 e. The third-order valence-electron chi connectivity index (χ3n) is 2.43. The molecule has 0 saturated carbocycles. The number of carboxylic acid groups (broad SMARTS) is 1. The average Bonchev–Trinajstić information content (AvgIpc) is 2.56. The lowest BCUT2D eigenvalue weighted by molar-refractivity contribution is -0.136. The van der Waals surface area contributed by atoms with E-state index >= 15 is 0 Å². The standard InChI is InChI=1S/C9H12N2O2/c1-10-4-5-11-7(6-9(12)13)2-3-8(10)11/h2-3H,4-6H2,1H3,(H,12,13). The molecule has 0 amide bonds. The summed E-state index contributed by atoms with van der Waals surface area (Å²) in [6.45, 7) is 1.88. The summed E-state index contributed by atoms with van der Waals surface area (Å²) in [4.78, 5) is 12.7. The van der Waals surface area contributed by atoms with Crippen molar-refractivity contribution in [3.8, 4) is 0 Å². The van der Waals surface area contributed by atoms with Gasteiger partial charge in [0.15, 0.2) is 0 Å². The number of rotatable bonds is 2. The molecule has 0 saturated heterocycles. The summed E-state index contributed by atoms with van der Waals surface area (Å²) in [7, 11) is 2.02. The van der Waals surface area contributed by atoms with E-state index in [-0.39, 0.29) is 6.42 Å². The Morgan fingerprint density at radius 1 is 1.54 bits per heavy atom. The van der Waals surface area contributed by atoms with Gasteiger partial charge in [-0.25, -0.2) is 0 Å². The maximum atomic E-state index is 10.5. The molecule has 2 rings (SSSR count). The smallest absolute Gasteiger partial charge is 0.309 e. The van der Waals surface area contributed by atoms with Gasteiger partial charge in [0, 0.05) is 25.8 Å². The predicted molar refractivity (Wildman–Crippen MR) is 49.0 cm³/mol. The number of hydrogen-bond acceptors (Lipinski definition) is 2. The van der Waals surface area contributed by atoms with Crippen LogP contribution in [-0.2, 0) is 17.8 Å². The van der Waals surface area contributed by atoms with Crippen LogP contribution in [0, 0.1) is 0 Å². The summed E-state index contributed by atoms with van der Waals surface area (Å²) in [5.41, 5.74) is 0.895. The van der Waals surface area contributed by atoms with Crippen molar-refractivity contribution in [2.24, 2.45) is 0 Å². The molecule has 0 unspecified atom stereocenters. The Morgan fingerprint density at radius 3 is 3.00 bits per heavy atom. The van der Waals surface area contributed by atoms with Crippen LogP contribution in [0.15, 0.2) is 12.1 Å². The number of likely N-dealkylation sites (N-methyl/N-ethyl adjacent to an activating group) is 1. The maximum Gasteiger partial charge on any atom is 0.309 e. The highest BCUT2D eigenvalue weighted by atomic mass is 16.4. The lowest BCUT2D eigenvalue weighted by Gasteiger charge is -2.07. The van der Waals surface area contributed by atoms with E-state index in [0.29, 0.717) is 0 Å². The van der Waals surface area contributed by atoms with Crippen LogP contribution in [0.1, 0.15) is 5.69 Å². The highest BCUT2D eigenvalue weighted by Crippen LogP contribution is 2.23. The van der Waals surface area contributed by atoms with E-state index in [9.17, 15) is 4.79 Å². The lowest BCUT2D eigenvalue weighted by atomic mass is 10.3. The van der Waals surface area contributed by atoms with Gasteiger partial charge in [-0.15, -0.1) is 0 Å². The molecule has 1 aromatic heterocycles. The molecule has 1 N–H and O–H groups in total. The molecule has 0 fully saturated rings. The third kappa shape index (κ3) is 1.28. The first kappa shape index (κ1) is 8.16. The summed E-state index contributed by atoms with van der Waals surface area (Å²) >= 11 is 0. The Bertz CT molecular complexity index is 343. The lowest BCUT2D eigenvalue weighted by Crippen LogP contribution is -2.12. The van der Waals surface area contributed by atoms with Crippen LogP contribution in [0.5, 0.6) is 0 Å². The van der Waals surface area contributed by atoms with E-state index in [4.69, 9.17) is 5.11 Å². The van der Waals surface area contributed by atoms with Gasteiger partial charge in [0.05, 0.1) is 6.42 Å². The van der Waals surface area contributed by atoms with Crippen molar-refractivity contribution < 1.29 is 9.90 Å². The fraction of sp³-hybridized carbons (Fsp3) is 0.444. The summed E-state index contributed by atoms with van der Waals surface area (Å²) < 4.78 is 2.06. The molecule has 1 aliphatic heterocycles. The van der Waals surface area contributed by atoms with Gasteiger partial charge in [0.1, 0.15) is 5.82 Å². The quantitative estimate of drug-likeness (QED) is 0.723. The minimum atomic E-state index is -0.768. The van der Waals surface area contributed by atoms with Crippen LogP contribution in [0.4, 0.5) is 5.82 Å². The van der Waals surface area contributed by atoms with Crippen molar-refractivity contribution in [3.05, 3.63) is 17.8 Å². The number of fused-ring (bicyclic) bond motifs is 1. The molecule has 0 radical (unpaired) electrons. The molecule has 70 valence electrons. The number of aliphatic carboxylic acids is 1. The molecule has 2 heterocycles. The van der Waals surface area contributed by atoms with Crippen molar-refractivity contribution in [3.63, 3.8) is 0 Å². The molecule has 0 aliphatic carbocycles. The number of nitrogens with zero attached hydrogens (tertiary/aromatic N) is 2. The Kier molecular flexibility index (Phi) is 1.76. The zero-order valence-electron chi connectivity index (χ0n) is 7.53. The van der Waals surface area contributed by atoms with E-state index in [2.05, 4.69) is 9.47 Å². The summed E-state index contributed by atoms with van der Waals surface area (Å²) in [5, 5.41) is 8.66. The number of carbonyl (C=O) groups is 1. The molecule has 4 heteroatoms. The highest BCUT2D eigenvalue weighted by Gasteiger charge is 2.18. The number of anilines is 1. The Balaban J connectivity index is 2.30. The molecule has 13 heavy (non-hydrogen) atoms. The van der Waals surface area contributed by atoms with E-state index in [1.165, 1.54) is 0 Å². The molecular formula is C9H12N2O2. The molecule has 0 atom stereocenters. The van der Waals surface area contributed by atoms with Gasteiger partial charge in [-0.05, 0) is 12.1 Å². The van der Waals surface area contributed by atoms with E-state index in [1.54, 1.807) is 0 Å². The molecule has 0 aromatic carbocycles. The van der Waals surface area contributed by atoms with Crippen molar-refractivity contribution in [2.45, 2.75) is 13.0 Å². The average molecular weight is 180 g/mol. The normalized spacial score (nSPS) is 14.7. The van der Waals surface area contributed by atoms with Crippen molar-refractivity contribution >= 4 is 11.8 Å². The van der Waals surface area contributed by atoms with E-state index in [0.717, 1.165) is 24.6 Å². The topological polar surface area (TPSA) is 45.5 Å². The van der Waals surface area contributed by atoms with Gasteiger partial charge in [-0.1, -0.05) is 0 Å². The second kappa shape index (κ2) is 2.80. The molecule has 1 aliphatic rings. The predicted octanol–water partition coefficient (Wildman–Crippen LogP) is 0.565. The Morgan fingerprint density at radius 2 is 2.31 bits per heavy atom. The first-order valence-electron chi connectivity index (χ1n) is 4.30. The molecular weight excluding hydrogens is 168 g/mol. The van der Waals surface area contributed by atoms with Gasteiger partial charge in [0.2, 0.25) is 0 Å². The maximum absolute atomic E-state index is 10.5. The van der Waals surface area contributed by atoms with Crippen LogP contribution in [0.2, 0.25) is 0 Å². The molecule has 4 nitrogen and oxygen atoms in total. The first-order chi connectivity index (χ1) is 6.18. The van der Waals surface area contributed by atoms with Gasteiger partial charge in [-0.2, -0.15) is 0 Å². The van der Waals surface area contributed by atoms with Crippen molar-refractivity contribution in [1.29, 1.82) is 0 Å². The number of carboxylic acids is 1. The first-order valence-corrected chi connectivity index (χ1v) is 4.30. The zero-order chi connectivity index (χ0) is 9.42. The SMILES string of the molecule is CN1CCn2c(CC(=O)O)ccc21. The summed E-state index contributed by atoms with van der Waals surface area (Å²) in [6.07, 6.45) is 0.119. The molecule has 1 aromatic rings. The third-order valence-corrected chi connectivity index (χ3v) is 2.43. The Hall–Kier alpha value is -1.45. The second-order valence-electron chi connectivity index (χ2n) is 3.33. The molecule has 0 spiro atoms. The van der Waals surface area contributed by atoms with E-state index < -0.39 is 5.97 Å². The van der Waals surface area contributed by atoms with Crippen molar-refractivity contribution in [1.82, 2.24) is 4.57 Å². The van der Waals surface area contributed by atoms with Gasteiger partial charge >= 0.3 is 5.97 Å². The molecule has 0 bridgehead atoms. The highest BCUT2D eigenvalue weighted by molar-refractivity contribution is 5.70. The van der Waals surface area contributed by atoms with Gasteiger partial charge in [-0.3, -0.25) is 4.79 Å². The van der Waals surface area contributed by atoms with Gasteiger partial charge in [0.25, 0.3) is 0 Å². The van der Waals surface area contributed by atoms with Crippen LogP contribution in [0.3, 0.4) is 0 Å². The van der Waals surface area contributed by atoms with Crippen LogP contribution in [-0.4, -0.2) is 29.2 Å². The monoisotopic (exact) mass is 180 g/mol. The van der Waals surface area contributed by atoms with Gasteiger partial charge < -0.3 is 14.6 Å². The number of aromatic nitrogens is 1. The summed E-state index contributed by atoms with van der Waals surface area (Å²) in [5.74, 6) is 0.353. The number of hydrogen-bond donors (Lipinski definition) is 1. The van der Waals surface area contributed by atoms with E-state index in [1.807, 2.05) is 19.2 Å². The zero-order valence-corrected chi connectivity index (χ0v) is 7.53. The van der Waals surface area contributed by atoms with Crippen LogP contribution < -0.4 is 4.90 Å².